The molecule has 96 valence electrons. The van der Waals surface area contributed by atoms with Crippen molar-refractivity contribution < 1.29 is 13.5 Å². The van der Waals surface area contributed by atoms with Crippen LogP contribution >= 0.6 is 11.6 Å². The number of hydrogen-bond donors (Lipinski definition) is 2. The number of aliphatic hydroxyl groups is 1. The predicted molar refractivity (Wildman–Crippen MR) is 67.4 cm³/mol. The molecule has 0 radical (unpaired) electrons. The van der Waals surface area contributed by atoms with E-state index in [2.05, 4.69) is 0 Å². The summed E-state index contributed by atoms with van der Waals surface area (Å²) in [5.41, 5.74) is 5.78. The van der Waals surface area contributed by atoms with Gasteiger partial charge in [-0.2, -0.15) is 4.31 Å². The minimum absolute atomic E-state index is 0.0569. The van der Waals surface area contributed by atoms with Gasteiger partial charge in [-0.1, -0.05) is 18.5 Å². The lowest BCUT2D eigenvalue weighted by atomic mass is 10.3. The summed E-state index contributed by atoms with van der Waals surface area (Å²) in [5, 5.41) is 9.14. The molecular formula is C10H15ClN2O3S. The molecule has 0 saturated carbocycles. The first kappa shape index (κ1) is 14.2. The van der Waals surface area contributed by atoms with E-state index in [4.69, 9.17) is 22.4 Å². The summed E-state index contributed by atoms with van der Waals surface area (Å²) in [4.78, 5) is 0.0784. The topological polar surface area (TPSA) is 83.6 Å². The van der Waals surface area contributed by atoms with E-state index in [1.165, 1.54) is 22.5 Å². The van der Waals surface area contributed by atoms with Crippen molar-refractivity contribution in [2.75, 3.05) is 25.4 Å². The molecule has 0 saturated heterocycles. The molecule has 0 aliphatic carbocycles. The molecule has 0 aliphatic rings. The molecule has 0 aliphatic heterocycles. The Balaban J connectivity index is 3.15. The van der Waals surface area contributed by atoms with Gasteiger partial charge in [0.1, 0.15) is 0 Å². The Kier molecular flexibility index (Phi) is 4.76. The second-order valence-electron chi connectivity index (χ2n) is 3.40. The summed E-state index contributed by atoms with van der Waals surface area (Å²) in [6.07, 6.45) is 0. The van der Waals surface area contributed by atoms with Crippen LogP contribution in [0.2, 0.25) is 5.02 Å². The molecule has 0 bridgehead atoms. The quantitative estimate of drug-likeness (QED) is 0.785. The lowest BCUT2D eigenvalue weighted by molar-refractivity contribution is 0.257. The molecule has 0 heterocycles. The Labute approximate surface area is 106 Å². The van der Waals surface area contributed by atoms with Gasteiger partial charge in [-0.15, -0.1) is 0 Å². The number of hydrogen-bond acceptors (Lipinski definition) is 4. The molecule has 0 atom stereocenters. The largest absolute Gasteiger partial charge is 0.397 e. The monoisotopic (exact) mass is 278 g/mol. The van der Waals surface area contributed by atoms with E-state index in [0.717, 1.165) is 0 Å². The molecule has 0 unspecified atom stereocenters. The Bertz CT molecular complexity index is 490. The molecule has 7 heteroatoms. The van der Waals surface area contributed by atoms with Gasteiger partial charge in [0.15, 0.2) is 0 Å². The van der Waals surface area contributed by atoms with Crippen LogP contribution in [0.15, 0.2) is 23.1 Å². The first-order valence-corrected chi connectivity index (χ1v) is 6.91. The van der Waals surface area contributed by atoms with Crippen LogP contribution in [0.4, 0.5) is 5.69 Å². The number of benzene rings is 1. The summed E-state index contributed by atoms with van der Waals surface area (Å²) in [5.74, 6) is 0. The summed E-state index contributed by atoms with van der Waals surface area (Å²) < 4.78 is 25.4. The third-order valence-electron chi connectivity index (χ3n) is 2.31. The van der Waals surface area contributed by atoms with Crippen LogP contribution in [0.5, 0.6) is 0 Å². The van der Waals surface area contributed by atoms with Gasteiger partial charge in [-0.3, -0.25) is 0 Å². The molecule has 3 N–H and O–H groups in total. The minimum Gasteiger partial charge on any atom is -0.397 e. The van der Waals surface area contributed by atoms with Crippen molar-refractivity contribution in [3.63, 3.8) is 0 Å². The van der Waals surface area contributed by atoms with Crippen LogP contribution in [0, 0.1) is 0 Å². The first-order chi connectivity index (χ1) is 7.93. The van der Waals surface area contributed by atoms with Gasteiger partial charge in [-0.25, -0.2) is 8.42 Å². The third kappa shape index (κ3) is 3.10. The highest BCUT2D eigenvalue weighted by atomic mass is 35.5. The Morgan fingerprint density at radius 1 is 1.47 bits per heavy atom. The predicted octanol–water partition coefficient (Wildman–Crippen LogP) is 0.925. The third-order valence-corrected chi connectivity index (χ3v) is 4.62. The van der Waals surface area contributed by atoms with E-state index in [1.807, 2.05) is 0 Å². The number of likely N-dealkylation sites (N-methyl/N-ethyl adjacent to an activating group) is 1. The molecule has 1 aromatic rings. The fourth-order valence-corrected chi connectivity index (χ4v) is 2.98. The SMILES string of the molecule is CCN(CCO)S(=O)(=O)c1ccc(Cl)c(N)c1. The number of nitrogens with zero attached hydrogens (tertiary/aromatic N) is 1. The van der Waals surface area contributed by atoms with E-state index in [9.17, 15) is 8.42 Å². The van der Waals surface area contributed by atoms with Gasteiger partial charge >= 0.3 is 0 Å². The average Bonchev–Trinajstić information content (AvgIpc) is 2.29. The molecular weight excluding hydrogens is 264 g/mol. The van der Waals surface area contributed by atoms with E-state index in [-0.39, 0.29) is 30.3 Å². The number of nitrogen functional groups attached to an aromatic ring is 1. The molecule has 17 heavy (non-hydrogen) atoms. The standard InChI is InChI=1S/C10H15ClN2O3S/c1-2-13(5-6-14)17(15,16)8-3-4-9(11)10(12)7-8/h3-4,7,14H,2,5-6,12H2,1H3. The molecule has 0 aromatic heterocycles. The molecule has 0 spiro atoms. The van der Waals surface area contributed by atoms with Crippen molar-refractivity contribution in [2.24, 2.45) is 0 Å². The van der Waals surface area contributed by atoms with Crippen LogP contribution in [0.25, 0.3) is 0 Å². The van der Waals surface area contributed by atoms with Crippen LogP contribution in [-0.2, 0) is 10.0 Å². The maximum absolute atomic E-state index is 12.1. The van der Waals surface area contributed by atoms with Crippen LogP contribution in [-0.4, -0.2) is 37.5 Å². The second kappa shape index (κ2) is 5.68. The van der Waals surface area contributed by atoms with Crippen molar-refractivity contribution >= 4 is 27.3 Å². The highest BCUT2D eigenvalue weighted by molar-refractivity contribution is 7.89. The van der Waals surface area contributed by atoms with E-state index in [0.29, 0.717) is 5.02 Å². The molecule has 1 rings (SSSR count). The average molecular weight is 279 g/mol. The van der Waals surface area contributed by atoms with E-state index >= 15 is 0 Å². The normalized spacial score (nSPS) is 12.0. The van der Waals surface area contributed by atoms with Gasteiger partial charge in [0.25, 0.3) is 0 Å². The molecule has 5 nitrogen and oxygen atoms in total. The van der Waals surface area contributed by atoms with Crippen LogP contribution in [0.1, 0.15) is 6.92 Å². The lowest BCUT2D eigenvalue weighted by Gasteiger charge is -2.19. The fourth-order valence-electron chi connectivity index (χ4n) is 1.39. The lowest BCUT2D eigenvalue weighted by Crippen LogP contribution is -2.33. The zero-order chi connectivity index (χ0) is 13.1. The second-order valence-corrected chi connectivity index (χ2v) is 5.75. The Morgan fingerprint density at radius 3 is 2.59 bits per heavy atom. The Hall–Kier alpha value is -0.820. The molecule has 1 aromatic carbocycles. The summed E-state index contributed by atoms with van der Waals surface area (Å²) in [6, 6.07) is 4.16. The van der Waals surface area contributed by atoms with Crippen LogP contribution < -0.4 is 5.73 Å². The maximum atomic E-state index is 12.1. The van der Waals surface area contributed by atoms with Gasteiger partial charge in [-0.05, 0) is 18.2 Å². The van der Waals surface area contributed by atoms with Gasteiger partial charge in [0, 0.05) is 13.1 Å². The smallest absolute Gasteiger partial charge is 0.243 e. The highest BCUT2D eigenvalue weighted by Gasteiger charge is 2.22. The Morgan fingerprint density at radius 2 is 2.12 bits per heavy atom. The van der Waals surface area contributed by atoms with Crippen molar-refractivity contribution in [2.45, 2.75) is 11.8 Å². The molecule has 0 amide bonds. The summed E-state index contributed by atoms with van der Waals surface area (Å²) in [7, 11) is -3.62. The van der Waals surface area contributed by atoms with Crippen molar-refractivity contribution in [3.8, 4) is 0 Å². The number of nitrogens with two attached hydrogens (primary N) is 1. The van der Waals surface area contributed by atoms with E-state index in [1.54, 1.807) is 6.92 Å². The first-order valence-electron chi connectivity index (χ1n) is 5.09. The van der Waals surface area contributed by atoms with Crippen molar-refractivity contribution in [1.29, 1.82) is 0 Å². The van der Waals surface area contributed by atoms with Crippen molar-refractivity contribution in [3.05, 3.63) is 23.2 Å². The number of anilines is 1. The number of halogens is 1. The zero-order valence-electron chi connectivity index (χ0n) is 9.43. The van der Waals surface area contributed by atoms with Crippen molar-refractivity contribution in [1.82, 2.24) is 4.31 Å². The highest BCUT2D eigenvalue weighted by Crippen LogP contribution is 2.24. The number of sulfonamides is 1. The van der Waals surface area contributed by atoms with Gasteiger partial charge < -0.3 is 10.8 Å². The van der Waals surface area contributed by atoms with Crippen LogP contribution in [0.3, 0.4) is 0 Å². The number of rotatable bonds is 5. The van der Waals surface area contributed by atoms with Gasteiger partial charge in [0.05, 0.1) is 22.2 Å². The summed E-state index contributed by atoms with van der Waals surface area (Å²) in [6.45, 7) is 1.81. The molecule has 0 fully saturated rings. The number of aliphatic hydroxyl groups excluding tert-OH is 1. The fraction of sp³-hybridized carbons (Fsp3) is 0.400. The summed E-state index contributed by atoms with van der Waals surface area (Å²) >= 11 is 5.73. The van der Waals surface area contributed by atoms with E-state index < -0.39 is 10.0 Å². The minimum atomic E-state index is -3.62. The zero-order valence-corrected chi connectivity index (χ0v) is 11.0. The van der Waals surface area contributed by atoms with Gasteiger partial charge in [0.2, 0.25) is 10.0 Å². The maximum Gasteiger partial charge on any atom is 0.243 e.